The molecule has 0 saturated heterocycles. The number of benzene rings is 3. The number of allylic oxidation sites excluding steroid dienone is 1. The molecule has 0 aliphatic carbocycles. The van der Waals surface area contributed by atoms with Gasteiger partial charge in [0.25, 0.3) is 5.89 Å². The maximum atomic E-state index is 14.2. The van der Waals surface area contributed by atoms with Gasteiger partial charge in [0, 0.05) is 11.3 Å². The maximum Gasteiger partial charge on any atom is 0.322 e. The van der Waals surface area contributed by atoms with Gasteiger partial charge in [-0.05, 0) is 62.2 Å². The molecular formula is C29H27FN4O3. The molecule has 8 heteroatoms. The molecule has 188 valence electrons. The monoisotopic (exact) mass is 498 g/mol. The Morgan fingerprint density at radius 2 is 1.86 bits per heavy atom. The summed E-state index contributed by atoms with van der Waals surface area (Å²) in [5.74, 6) is 1.03. The summed E-state index contributed by atoms with van der Waals surface area (Å²) in [4.78, 5) is 19.6. The van der Waals surface area contributed by atoms with E-state index in [1.54, 1.807) is 17.0 Å². The quantitative estimate of drug-likeness (QED) is 0.324. The normalized spacial score (nSPS) is 15.6. The molecule has 37 heavy (non-hydrogen) atoms. The molecule has 2 heterocycles. The minimum atomic E-state index is -0.667. The van der Waals surface area contributed by atoms with Gasteiger partial charge in [-0.3, -0.25) is 4.90 Å². The molecule has 4 aromatic rings. The molecule has 0 fully saturated rings. The number of ether oxygens (including phenoxy) is 1. The van der Waals surface area contributed by atoms with Crippen molar-refractivity contribution in [3.05, 3.63) is 107 Å². The van der Waals surface area contributed by atoms with Crippen molar-refractivity contribution in [3.8, 4) is 17.1 Å². The number of rotatable bonds is 7. The Bertz CT molecular complexity index is 1480. The predicted octanol–water partition coefficient (Wildman–Crippen LogP) is 6.28. The van der Waals surface area contributed by atoms with Crippen molar-refractivity contribution in [2.24, 2.45) is 0 Å². The third-order valence-electron chi connectivity index (χ3n) is 6.26. The maximum absolute atomic E-state index is 14.2. The Labute approximate surface area is 214 Å². The van der Waals surface area contributed by atoms with Crippen LogP contribution in [-0.4, -0.2) is 27.7 Å². The summed E-state index contributed by atoms with van der Waals surface area (Å²) in [5.41, 5.74) is 4.62. The Balaban J connectivity index is 1.58. The van der Waals surface area contributed by atoms with Gasteiger partial charge < -0.3 is 14.6 Å². The van der Waals surface area contributed by atoms with Crippen molar-refractivity contribution in [3.63, 3.8) is 0 Å². The molecule has 1 aliphatic heterocycles. The molecular weight excluding hydrogens is 471 g/mol. The van der Waals surface area contributed by atoms with Gasteiger partial charge in [0.05, 0.1) is 24.8 Å². The third-order valence-corrected chi connectivity index (χ3v) is 6.26. The van der Waals surface area contributed by atoms with Crippen LogP contribution in [0.5, 0.6) is 5.75 Å². The van der Waals surface area contributed by atoms with E-state index in [4.69, 9.17) is 9.26 Å². The number of nitrogens with zero attached hydrogens (tertiary/aromatic N) is 3. The van der Waals surface area contributed by atoms with Gasteiger partial charge in [-0.15, -0.1) is 0 Å². The number of aromatic nitrogens is 2. The van der Waals surface area contributed by atoms with Crippen molar-refractivity contribution in [1.82, 2.24) is 20.4 Å². The second-order valence-electron chi connectivity index (χ2n) is 8.90. The molecule has 1 atom stereocenters. The summed E-state index contributed by atoms with van der Waals surface area (Å²) >= 11 is 0. The molecule has 3 aromatic carbocycles. The highest BCUT2D eigenvalue weighted by Crippen LogP contribution is 2.38. The lowest BCUT2D eigenvalue weighted by Gasteiger charge is -2.35. The van der Waals surface area contributed by atoms with E-state index in [9.17, 15) is 9.18 Å². The van der Waals surface area contributed by atoms with Crippen molar-refractivity contribution in [1.29, 1.82) is 0 Å². The van der Waals surface area contributed by atoms with Crippen molar-refractivity contribution >= 4 is 11.6 Å². The molecule has 0 radical (unpaired) electrons. The SMILES string of the molecule is CCOc1cccc(CN2C(=O)NC(c3cccc(F)c3)C(c3nc(-c4cccc(C)c4)no3)=C2C)c1. The van der Waals surface area contributed by atoms with E-state index < -0.39 is 11.9 Å². The first-order chi connectivity index (χ1) is 17.9. The van der Waals surface area contributed by atoms with Crippen LogP contribution >= 0.6 is 0 Å². The van der Waals surface area contributed by atoms with Gasteiger partial charge in [0.1, 0.15) is 11.6 Å². The summed E-state index contributed by atoms with van der Waals surface area (Å²) in [6.45, 7) is 6.60. The number of halogens is 1. The molecule has 1 aliphatic rings. The highest BCUT2D eigenvalue weighted by atomic mass is 19.1. The third kappa shape index (κ3) is 5.09. The van der Waals surface area contributed by atoms with Crippen molar-refractivity contribution < 1.29 is 18.4 Å². The van der Waals surface area contributed by atoms with Crippen LogP contribution in [0.3, 0.4) is 0 Å². The first-order valence-electron chi connectivity index (χ1n) is 12.1. The largest absolute Gasteiger partial charge is 0.494 e. The van der Waals surface area contributed by atoms with E-state index in [-0.39, 0.29) is 11.9 Å². The second kappa shape index (κ2) is 10.3. The van der Waals surface area contributed by atoms with Crippen LogP contribution in [0.1, 0.15) is 42.5 Å². The van der Waals surface area contributed by atoms with Gasteiger partial charge in [-0.2, -0.15) is 4.98 Å². The molecule has 1 unspecified atom stereocenters. The van der Waals surface area contributed by atoms with Crippen LogP contribution in [0.25, 0.3) is 17.0 Å². The number of carbonyl (C=O) groups excluding carboxylic acids is 1. The van der Waals surface area contributed by atoms with E-state index in [0.717, 1.165) is 22.4 Å². The summed E-state index contributed by atoms with van der Waals surface area (Å²) in [6, 6.07) is 20.6. The molecule has 7 nitrogen and oxygen atoms in total. The summed E-state index contributed by atoms with van der Waals surface area (Å²) in [5, 5.41) is 7.21. The van der Waals surface area contributed by atoms with Gasteiger partial charge in [0.2, 0.25) is 5.82 Å². The zero-order valence-corrected chi connectivity index (χ0v) is 20.9. The first kappa shape index (κ1) is 24.2. The van der Waals surface area contributed by atoms with Crippen LogP contribution in [0.2, 0.25) is 0 Å². The standard InChI is InChI=1S/C29H27FN4O3/c1-4-36-24-13-6-9-20(15-24)17-34-19(3)25(26(31-29(34)35)21-10-7-12-23(30)16-21)28-32-27(33-37-28)22-11-5-8-18(2)14-22/h5-16,26H,4,17H2,1-3H3,(H,31,35). The highest BCUT2D eigenvalue weighted by molar-refractivity contribution is 5.86. The van der Waals surface area contributed by atoms with Crippen LogP contribution in [0.4, 0.5) is 9.18 Å². The molecule has 0 spiro atoms. The van der Waals surface area contributed by atoms with E-state index >= 15 is 0 Å². The van der Waals surface area contributed by atoms with Crippen LogP contribution in [-0.2, 0) is 6.54 Å². The molecule has 1 N–H and O–H groups in total. The number of nitrogens with one attached hydrogen (secondary N) is 1. The van der Waals surface area contributed by atoms with Gasteiger partial charge >= 0.3 is 6.03 Å². The van der Waals surface area contributed by atoms with Crippen LogP contribution < -0.4 is 10.1 Å². The van der Waals surface area contributed by atoms with Crippen LogP contribution in [0.15, 0.2) is 83.0 Å². The highest BCUT2D eigenvalue weighted by Gasteiger charge is 2.36. The topological polar surface area (TPSA) is 80.5 Å². The summed E-state index contributed by atoms with van der Waals surface area (Å²) < 4.78 is 25.5. The molecule has 0 saturated carbocycles. The van der Waals surface area contributed by atoms with E-state index in [0.29, 0.717) is 35.8 Å². The lowest BCUT2D eigenvalue weighted by Crippen LogP contribution is -2.45. The van der Waals surface area contributed by atoms with E-state index in [2.05, 4.69) is 15.5 Å². The Morgan fingerprint density at radius 1 is 1.05 bits per heavy atom. The smallest absolute Gasteiger partial charge is 0.322 e. The van der Waals surface area contributed by atoms with Crippen molar-refractivity contribution in [2.75, 3.05) is 6.61 Å². The number of urea groups is 1. The lowest BCUT2D eigenvalue weighted by molar-refractivity contribution is 0.202. The van der Waals surface area contributed by atoms with E-state index in [1.165, 1.54) is 12.1 Å². The number of carbonyl (C=O) groups is 1. The Hall–Kier alpha value is -4.46. The fourth-order valence-corrected chi connectivity index (χ4v) is 4.50. The Morgan fingerprint density at radius 3 is 2.65 bits per heavy atom. The summed E-state index contributed by atoms with van der Waals surface area (Å²) in [7, 11) is 0. The number of hydrogen-bond acceptors (Lipinski definition) is 5. The van der Waals surface area contributed by atoms with Crippen molar-refractivity contribution in [2.45, 2.75) is 33.4 Å². The molecule has 5 rings (SSSR count). The van der Waals surface area contributed by atoms with Crippen LogP contribution in [0, 0.1) is 12.7 Å². The van der Waals surface area contributed by atoms with Gasteiger partial charge in [-0.1, -0.05) is 53.2 Å². The minimum Gasteiger partial charge on any atom is -0.494 e. The number of aryl methyl sites for hydroxylation is 1. The lowest BCUT2D eigenvalue weighted by atomic mass is 9.94. The first-order valence-corrected chi connectivity index (χ1v) is 12.1. The number of amides is 2. The zero-order valence-electron chi connectivity index (χ0n) is 20.9. The Kier molecular flexibility index (Phi) is 6.72. The number of hydrogen-bond donors (Lipinski definition) is 1. The average Bonchev–Trinajstić information content (AvgIpc) is 3.36. The fourth-order valence-electron chi connectivity index (χ4n) is 4.50. The fraction of sp³-hybridized carbons (Fsp3) is 0.207. The predicted molar refractivity (Wildman–Crippen MR) is 138 cm³/mol. The molecule has 2 amide bonds. The zero-order chi connectivity index (χ0) is 25.9. The van der Waals surface area contributed by atoms with Gasteiger partial charge in [-0.25, -0.2) is 9.18 Å². The minimum absolute atomic E-state index is 0.260. The van der Waals surface area contributed by atoms with Gasteiger partial charge in [0.15, 0.2) is 0 Å². The summed E-state index contributed by atoms with van der Waals surface area (Å²) in [6.07, 6.45) is 0. The second-order valence-corrected chi connectivity index (χ2v) is 8.90. The average molecular weight is 499 g/mol. The molecule has 0 bridgehead atoms. The molecule has 1 aromatic heterocycles. The van der Waals surface area contributed by atoms with E-state index in [1.807, 2.05) is 69.3 Å².